The molecule has 0 aliphatic carbocycles. The number of aromatic nitrogens is 1. The molecule has 1 aliphatic rings. The summed E-state index contributed by atoms with van der Waals surface area (Å²) in [7, 11) is 0. The average Bonchev–Trinajstić information content (AvgIpc) is 2.83. The molecule has 3 rings (SSSR count). The van der Waals surface area contributed by atoms with Crippen LogP contribution in [0.2, 0.25) is 0 Å². The molecule has 4 heteroatoms. The van der Waals surface area contributed by atoms with Gasteiger partial charge in [0.2, 0.25) is 5.88 Å². The second-order valence-corrected chi connectivity index (χ2v) is 4.25. The van der Waals surface area contributed by atoms with Crippen LogP contribution in [0.3, 0.4) is 0 Å². The Labute approximate surface area is 99.2 Å². The summed E-state index contributed by atoms with van der Waals surface area (Å²) in [6, 6.07) is 7.14. The zero-order valence-corrected chi connectivity index (χ0v) is 9.39. The zero-order chi connectivity index (χ0) is 11.7. The van der Waals surface area contributed by atoms with Gasteiger partial charge in [-0.05, 0) is 36.6 Å². The van der Waals surface area contributed by atoms with E-state index in [1.807, 2.05) is 12.1 Å². The van der Waals surface area contributed by atoms with Crippen LogP contribution < -0.4 is 10.1 Å². The Balaban J connectivity index is 1.99. The molecule has 4 nitrogen and oxygen atoms in total. The van der Waals surface area contributed by atoms with Gasteiger partial charge in [0.05, 0.1) is 0 Å². The van der Waals surface area contributed by atoms with Gasteiger partial charge in [0.1, 0.15) is 11.9 Å². The van der Waals surface area contributed by atoms with Crippen molar-refractivity contribution in [2.24, 2.45) is 0 Å². The van der Waals surface area contributed by atoms with E-state index in [-0.39, 0.29) is 11.9 Å². The van der Waals surface area contributed by atoms with E-state index < -0.39 is 0 Å². The van der Waals surface area contributed by atoms with E-state index in [1.54, 1.807) is 18.3 Å². The number of nitrogens with one attached hydrogen (secondary N) is 1. The second kappa shape index (κ2) is 4.22. The Bertz CT molecular complexity index is 536. The van der Waals surface area contributed by atoms with Crippen molar-refractivity contribution < 1.29 is 9.84 Å². The van der Waals surface area contributed by atoms with Crippen LogP contribution in [0.4, 0.5) is 0 Å². The molecule has 1 aromatic heterocycles. The van der Waals surface area contributed by atoms with Crippen molar-refractivity contribution in [3.8, 4) is 11.6 Å². The minimum absolute atomic E-state index is 0.176. The minimum atomic E-state index is 0.176. The fourth-order valence-electron chi connectivity index (χ4n) is 2.11. The third-order valence-electron chi connectivity index (χ3n) is 3.01. The topological polar surface area (TPSA) is 54.4 Å². The first-order valence-corrected chi connectivity index (χ1v) is 5.78. The number of fused-ring (bicyclic) bond motifs is 1. The maximum atomic E-state index is 9.52. The molecule has 0 amide bonds. The van der Waals surface area contributed by atoms with Crippen molar-refractivity contribution in [2.75, 3.05) is 13.1 Å². The van der Waals surface area contributed by atoms with Crippen molar-refractivity contribution in [1.29, 1.82) is 0 Å². The number of hydrogen-bond donors (Lipinski definition) is 2. The lowest BCUT2D eigenvalue weighted by Gasteiger charge is -2.13. The van der Waals surface area contributed by atoms with E-state index in [4.69, 9.17) is 4.74 Å². The minimum Gasteiger partial charge on any atom is -0.508 e. The number of pyridine rings is 1. The Morgan fingerprint density at radius 1 is 1.35 bits per heavy atom. The molecule has 1 aliphatic heterocycles. The fraction of sp³-hybridized carbons (Fsp3) is 0.308. The third kappa shape index (κ3) is 2.03. The molecule has 88 valence electrons. The summed E-state index contributed by atoms with van der Waals surface area (Å²) in [6.07, 6.45) is 2.91. The van der Waals surface area contributed by atoms with Gasteiger partial charge >= 0.3 is 0 Å². The quantitative estimate of drug-likeness (QED) is 0.824. The van der Waals surface area contributed by atoms with Crippen LogP contribution in [0.1, 0.15) is 6.42 Å². The molecule has 0 bridgehead atoms. The van der Waals surface area contributed by atoms with E-state index in [0.717, 1.165) is 30.3 Å². The Kier molecular flexibility index (Phi) is 2.57. The molecule has 1 atom stereocenters. The summed E-state index contributed by atoms with van der Waals surface area (Å²) in [6.45, 7) is 1.84. The van der Waals surface area contributed by atoms with Crippen molar-refractivity contribution in [3.63, 3.8) is 0 Å². The van der Waals surface area contributed by atoms with E-state index in [2.05, 4.69) is 10.3 Å². The summed E-state index contributed by atoms with van der Waals surface area (Å²) in [5.41, 5.74) is 0. The maximum absolute atomic E-state index is 9.52. The summed E-state index contributed by atoms with van der Waals surface area (Å²) >= 11 is 0. The van der Waals surface area contributed by atoms with Crippen LogP contribution in [0, 0.1) is 0 Å². The molecule has 0 saturated carbocycles. The lowest BCUT2D eigenvalue weighted by molar-refractivity contribution is 0.217. The molecule has 17 heavy (non-hydrogen) atoms. The number of ether oxygens (including phenoxy) is 1. The van der Waals surface area contributed by atoms with Gasteiger partial charge in [-0.2, -0.15) is 0 Å². The first-order chi connectivity index (χ1) is 8.33. The lowest BCUT2D eigenvalue weighted by atomic mass is 10.1. The van der Waals surface area contributed by atoms with Crippen LogP contribution in [0.25, 0.3) is 10.8 Å². The van der Waals surface area contributed by atoms with Crippen molar-refractivity contribution in [3.05, 3.63) is 30.5 Å². The van der Waals surface area contributed by atoms with E-state index in [9.17, 15) is 5.11 Å². The van der Waals surface area contributed by atoms with E-state index >= 15 is 0 Å². The van der Waals surface area contributed by atoms with Crippen molar-refractivity contribution in [1.82, 2.24) is 10.3 Å². The zero-order valence-electron chi connectivity index (χ0n) is 9.39. The highest BCUT2D eigenvalue weighted by atomic mass is 16.5. The number of phenolic OH excluding ortho intramolecular Hbond substituents is 1. The molecule has 1 unspecified atom stereocenters. The number of rotatable bonds is 2. The van der Waals surface area contributed by atoms with Gasteiger partial charge in [-0.1, -0.05) is 6.07 Å². The highest BCUT2D eigenvalue weighted by molar-refractivity contribution is 5.87. The first kappa shape index (κ1) is 10.4. The third-order valence-corrected chi connectivity index (χ3v) is 3.01. The summed E-state index contributed by atoms with van der Waals surface area (Å²) in [4.78, 5) is 4.25. The SMILES string of the molecule is Oc1ccc2ccnc(OC3CCNC3)c2c1. The van der Waals surface area contributed by atoms with E-state index in [0.29, 0.717) is 5.88 Å². The van der Waals surface area contributed by atoms with Crippen LogP contribution >= 0.6 is 0 Å². The van der Waals surface area contributed by atoms with Gasteiger partial charge < -0.3 is 15.2 Å². The monoisotopic (exact) mass is 230 g/mol. The van der Waals surface area contributed by atoms with Gasteiger partial charge in [-0.3, -0.25) is 0 Å². The van der Waals surface area contributed by atoms with Crippen LogP contribution in [0.5, 0.6) is 11.6 Å². The van der Waals surface area contributed by atoms with Crippen LogP contribution in [-0.2, 0) is 0 Å². The molecule has 1 fully saturated rings. The van der Waals surface area contributed by atoms with E-state index in [1.165, 1.54) is 0 Å². The van der Waals surface area contributed by atoms with Gasteiger partial charge in [0, 0.05) is 18.1 Å². The molecule has 2 N–H and O–H groups in total. The van der Waals surface area contributed by atoms with Crippen LogP contribution in [-0.4, -0.2) is 29.3 Å². The number of benzene rings is 1. The van der Waals surface area contributed by atoms with Crippen molar-refractivity contribution >= 4 is 10.8 Å². The Hall–Kier alpha value is -1.81. The van der Waals surface area contributed by atoms with Gasteiger partial charge in [-0.25, -0.2) is 4.98 Å². The smallest absolute Gasteiger partial charge is 0.221 e. The van der Waals surface area contributed by atoms with Gasteiger partial charge in [0.25, 0.3) is 0 Å². The highest BCUT2D eigenvalue weighted by Gasteiger charge is 2.17. The molecular formula is C13H14N2O2. The molecular weight excluding hydrogens is 216 g/mol. The number of phenols is 1. The summed E-state index contributed by atoms with van der Waals surface area (Å²) in [5.74, 6) is 0.840. The highest BCUT2D eigenvalue weighted by Crippen LogP contribution is 2.27. The average molecular weight is 230 g/mol. The Morgan fingerprint density at radius 2 is 2.29 bits per heavy atom. The summed E-state index contributed by atoms with van der Waals surface area (Å²) in [5, 5.41) is 14.7. The number of hydrogen-bond acceptors (Lipinski definition) is 4. The van der Waals surface area contributed by atoms with Gasteiger partial charge in [-0.15, -0.1) is 0 Å². The predicted octanol–water partition coefficient (Wildman–Crippen LogP) is 1.68. The molecule has 1 aromatic carbocycles. The molecule has 0 radical (unpaired) electrons. The predicted molar refractivity (Wildman–Crippen MR) is 65.3 cm³/mol. The molecule has 2 heterocycles. The van der Waals surface area contributed by atoms with Crippen molar-refractivity contribution in [2.45, 2.75) is 12.5 Å². The molecule has 2 aromatic rings. The maximum Gasteiger partial charge on any atom is 0.221 e. The summed E-state index contributed by atoms with van der Waals surface area (Å²) < 4.78 is 5.86. The van der Waals surface area contributed by atoms with Crippen LogP contribution in [0.15, 0.2) is 30.5 Å². The fourth-order valence-corrected chi connectivity index (χ4v) is 2.11. The normalized spacial score (nSPS) is 19.6. The lowest BCUT2D eigenvalue weighted by Crippen LogP contribution is -2.20. The number of nitrogens with zero attached hydrogens (tertiary/aromatic N) is 1. The molecule has 0 spiro atoms. The van der Waals surface area contributed by atoms with Gasteiger partial charge in [0.15, 0.2) is 0 Å². The second-order valence-electron chi connectivity index (χ2n) is 4.25. The molecule has 1 saturated heterocycles. The standard InChI is InChI=1S/C13H14N2O2/c16-10-2-1-9-3-6-15-13(12(9)7-10)17-11-4-5-14-8-11/h1-3,6-7,11,14,16H,4-5,8H2. The first-order valence-electron chi connectivity index (χ1n) is 5.78. The largest absolute Gasteiger partial charge is 0.508 e. The number of aromatic hydroxyl groups is 1. The Morgan fingerprint density at radius 3 is 3.12 bits per heavy atom.